The molecule has 3 rings (SSSR count). The van der Waals surface area contributed by atoms with Gasteiger partial charge in [-0.2, -0.15) is 0 Å². The van der Waals surface area contributed by atoms with Crippen molar-refractivity contribution >= 4 is 27.1 Å². The highest BCUT2D eigenvalue weighted by Crippen LogP contribution is 2.34. The van der Waals surface area contributed by atoms with Crippen LogP contribution in [-0.4, -0.2) is 56.6 Å². The molecule has 1 amide bonds. The lowest BCUT2D eigenvalue weighted by Gasteiger charge is -2.36. The van der Waals surface area contributed by atoms with Crippen molar-refractivity contribution in [2.75, 3.05) is 37.3 Å². The van der Waals surface area contributed by atoms with Gasteiger partial charge in [0.1, 0.15) is 5.69 Å². The first-order chi connectivity index (χ1) is 12.8. The molecule has 1 aromatic carbocycles. The van der Waals surface area contributed by atoms with Gasteiger partial charge < -0.3 is 9.80 Å². The molecule has 0 spiro atoms. The summed E-state index contributed by atoms with van der Waals surface area (Å²) in [6.45, 7) is 2.75. The van der Waals surface area contributed by atoms with Crippen LogP contribution in [0, 0.1) is 16.0 Å². The number of piperidine rings is 2. The van der Waals surface area contributed by atoms with E-state index in [9.17, 15) is 23.3 Å². The average Bonchev–Trinajstić information content (AvgIpc) is 2.67. The van der Waals surface area contributed by atoms with Crippen LogP contribution in [0.3, 0.4) is 0 Å². The largest absolute Gasteiger partial charge is 0.366 e. The molecule has 1 aromatic rings. The highest BCUT2D eigenvalue weighted by Gasteiger charge is 2.31. The van der Waals surface area contributed by atoms with E-state index in [4.69, 9.17) is 0 Å². The summed E-state index contributed by atoms with van der Waals surface area (Å²) in [6.07, 6.45) is 5.63. The number of benzene rings is 1. The van der Waals surface area contributed by atoms with Gasteiger partial charge in [0.25, 0.3) is 5.69 Å². The molecule has 2 aliphatic heterocycles. The molecule has 2 heterocycles. The number of hydrogen-bond acceptors (Lipinski definition) is 6. The molecule has 8 nitrogen and oxygen atoms in total. The van der Waals surface area contributed by atoms with Crippen LogP contribution >= 0.6 is 0 Å². The number of nitro groups is 1. The molecule has 2 fully saturated rings. The number of hydrogen-bond donors (Lipinski definition) is 0. The average molecular weight is 395 g/mol. The molecule has 0 aliphatic carbocycles. The predicted octanol–water partition coefficient (Wildman–Crippen LogP) is 2.23. The summed E-state index contributed by atoms with van der Waals surface area (Å²) in [7, 11) is -3.51. The number of nitro benzene ring substituents is 1. The van der Waals surface area contributed by atoms with Crippen LogP contribution in [0.4, 0.5) is 11.4 Å². The topological polar surface area (TPSA) is 101 Å². The number of sulfone groups is 1. The first-order valence-electron chi connectivity index (χ1n) is 9.29. The van der Waals surface area contributed by atoms with E-state index < -0.39 is 14.8 Å². The van der Waals surface area contributed by atoms with E-state index in [1.807, 2.05) is 9.80 Å². The minimum atomic E-state index is -3.51. The van der Waals surface area contributed by atoms with Gasteiger partial charge in [0.2, 0.25) is 5.91 Å². The van der Waals surface area contributed by atoms with Crippen molar-refractivity contribution in [3.63, 3.8) is 0 Å². The fourth-order valence-corrected chi connectivity index (χ4v) is 4.53. The van der Waals surface area contributed by atoms with Gasteiger partial charge in [0, 0.05) is 44.4 Å². The monoisotopic (exact) mass is 395 g/mol. The maximum absolute atomic E-state index is 12.7. The smallest absolute Gasteiger partial charge is 0.293 e. The number of carbonyl (C=O) groups is 1. The predicted molar refractivity (Wildman–Crippen MR) is 102 cm³/mol. The summed E-state index contributed by atoms with van der Waals surface area (Å²) in [5.41, 5.74) is 0.204. The van der Waals surface area contributed by atoms with Crippen molar-refractivity contribution in [1.29, 1.82) is 0 Å². The van der Waals surface area contributed by atoms with Crippen molar-refractivity contribution in [3.05, 3.63) is 28.3 Å². The van der Waals surface area contributed by atoms with E-state index in [2.05, 4.69) is 0 Å². The molecule has 27 heavy (non-hydrogen) atoms. The molecule has 148 valence electrons. The molecule has 0 N–H and O–H groups in total. The summed E-state index contributed by atoms with van der Waals surface area (Å²) in [4.78, 5) is 27.3. The molecule has 0 radical (unpaired) electrons. The molecule has 0 aromatic heterocycles. The summed E-state index contributed by atoms with van der Waals surface area (Å²) < 4.78 is 23.4. The molecule has 2 aliphatic rings. The minimum Gasteiger partial charge on any atom is -0.366 e. The van der Waals surface area contributed by atoms with Gasteiger partial charge in [-0.15, -0.1) is 0 Å². The number of rotatable bonds is 4. The zero-order valence-electron chi connectivity index (χ0n) is 15.5. The van der Waals surface area contributed by atoms with Gasteiger partial charge in [-0.1, -0.05) is 0 Å². The lowest BCUT2D eigenvalue weighted by Crippen LogP contribution is -2.44. The highest BCUT2D eigenvalue weighted by molar-refractivity contribution is 7.90. The number of anilines is 1. The van der Waals surface area contributed by atoms with Crippen LogP contribution in [0.5, 0.6) is 0 Å². The second-order valence-corrected chi connectivity index (χ2v) is 9.34. The Kier molecular flexibility index (Phi) is 5.69. The van der Waals surface area contributed by atoms with Crippen LogP contribution < -0.4 is 4.90 Å². The van der Waals surface area contributed by atoms with E-state index in [0.717, 1.165) is 38.3 Å². The van der Waals surface area contributed by atoms with Crippen LogP contribution in [-0.2, 0) is 14.6 Å². The third kappa shape index (κ3) is 4.40. The molecule has 0 atom stereocenters. The van der Waals surface area contributed by atoms with Gasteiger partial charge in [0.05, 0.1) is 9.82 Å². The van der Waals surface area contributed by atoms with Crippen LogP contribution in [0.25, 0.3) is 0 Å². The Morgan fingerprint density at radius 3 is 2.30 bits per heavy atom. The first-order valence-corrected chi connectivity index (χ1v) is 11.2. The number of likely N-dealkylation sites (tertiary alicyclic amines) is 1. The Labute approximate surface area is 159 Å². The van der Waals surface area contributed by atoms with E-state index in [1.165, 1.54) is 18.6 Å². The third-order valence-electron chi connectivity index (χ3n) is 5.42. The zero-order valence-corrected chi connectivity index (χ0v) is 16.3. The molecule has 9 heteroatoms. The lowest BCUT2D eigenvalue weighted by atomic mass is 9.94. The van der Waals surface area contributed by atoms with Gasteiger partial charge in [0.15, 0.2) is 9.84 Å². The standard InChI is InChI=1S/C18H25N3O5S/c1-27(25,26)15-5-6-16(17(13-15)21(23)24)19-11-7-14(8-12-19)18(22)20-9-3-2-4-10-20/h5-6,13-14H,2-4,7-12H2,1H3. The quantitative estimate of drug-likeness (QED) is 0.572. The van der Waals surface area contributed by atoms with Crippen LogP contribution in [0.1, 0.15) is 32.1 Å². The Morgan fingerprint density at radius 1 is 1.11 bits per heavy atom. The van der Waals surface area contributed by atoms with Crippen molar-refractivity contribution in [2.45, 2.75) is 37.0 Å². The maximum Gasteiger partial charge on any atom is 0.293 e. The summed E-state index contributed by atoms with van der Waals surface area (Å²) in [6, 6.07) is 4.03. The molecule has 0 bridgehead atoms. The Bertz CT molecular complexity index is 825. The van der Waals surface area contributed by atoms with Gasteiger partial charge in [-0.05, 0) is 44.2 Å². The molecule has 0 saturated carbocycles. The second-order valence-electron chi connectivity index (χ2n) is 7.33. The lowest BCUT2D eigenvalue weighted by molar-refractivity contribution is -0.384. The maximum atomic E-state index is 12.7. The second kappa shape index (κ2) is 7.84. The van der Waals surface area contributed by atoms with Crippen molar-refractivity contribution in [2.24, 2.45) is 5.92 Å². The molecular weight excluding hydrogens is 370 g/mol. The minimum absolute atomic E-state index is 0.0336. The Hall–Kier alpha value is -2.16. The van der Waals surface area contributed by atoms with E-state index in [1.54, 1.807) is 0 Å². The molecule has 0 unspecified atom stereocenters. The summed E-state index contributed by atoms with van der Waals surface area (Å²) in [5, 5.41) is 11.4. The SMILES string of the molecule is CS(=O)(=O)c1ccc(N2CCC(C(=O)N3CCCCC3)CC2)c([N+](=O)[O-])c1. The zero-order chi connectivity index (χ0) is 19.6. The number of nitrogens with zero attached hydrogens (tertiary/aromatic N) is 3. The third-order valence-corrected chi connectivity index (χ3v) is 6.53. The van der Waals surface area contributed by atoms with E-state index in [0.29, 0.717) is 31.6 Å². The Morgan fingerprint density at radius 2 is 1.74 bits per heavy atom. The summed E-state index contributed by atoms with van der Waals surface area (Å²) >= 11 is 0. The fourth-order valence-electron chi connectivity index (χ4n) is 3.89. The van der Waals surface area contributed by atoms with E-state index >= 15 is 0 Å². The van der Waals surface area contributed by atoms with Gasteiger partial charge in [-0.25, -0.2) is 8.42 Å². The highest BCUT2D eigenvalue weighted by atomic mass is 32.2. The number of carbonyl (C=O) groups excluding carboxylic acids is 1. The van der Waals surface area contributed by atoms with Gasteiger partial charge in [-0.3, -0.25) is 14.9 Å². The van der Waals surface area contributed by atoms with Gasteiger partial charge >= 0.3 is 0 Å². The first kappa shape index (κ1) is 19.6. The van der Waals surface area contributed by atoms with E-state index in [-0.39, 0.29) is 22.4 Å². The molecular formula is C18H25N3O5S. The number of amides is 1. The van der Waals surface area contributed by atoms with Crippen molar-refractivity contribution < 1.29 is 18.1 Å². The summed E-state index contributed by atoms with van der Waals surface area (Å²) in [5.74, 6) is 0.171. The van der Waals surface area contributed by atoms with Crippen molar-refractivity contribution in [3.8, 4) is 0 Å². The normalized spacial score (nSPS) is 19.1. The van der Waals surface area contributed by atoms with Crippen molar-refractivity contribution in [1.82, 2.24) is 4.90 Å². The fraction of sp³-hybridized carbons (Fsp3) is 0.611. The van der Waals surface area contributed by atoms with Crippen LogP contribution in [0.15, 0.2) is 23.1 Å². The molecule has 2 saturated heterocycles. The Balaban J connectivity index is 1.72. The van der Waals surface area contributed by atoms with Crippen LogP contribution in [0.2, 0.25) is 0 Å².